The standard InChI is InChI=1S/C19H15ClN4O/c1-12-18-19(25-24-12)17(22-11-13-6-8-21-9-7-13)10-16(23-18)14-2-4-15(20)5-3-14/h2-10H,11H2,1H3,(H,22,23). The number of nitrogens with zero attached hydrogens (tertiary/aromatic N) is 3. The highest BCUT2D eigenvalue weighted by Gasteiger charge is 2.14. The van der Waals surface area contributed by atoms with Crippen molar-refractivity contribution in [2.75, 3.05) is 5.32 Å². The van der Waals surface area contributed by atoms with Crippen molar-refractivity contribution in [3.63, 3.8) is 0 Å². The molecule has 0 radical (unpaired) electrons. The van der Waals surface area contributed by atoms with Gasteiger partial charge in [0.05, 0.1) is 11.4 Å². The molecule has 4 aromatic rings. The number of fused-ring (bicyclic) bond motifs is 1. The van der Waals surface area contributed by atoms with Gasteiger partial charge in [-0.05, 0) is 42.8 Å². The van der Waals surface area contributed by atoms with Crippen molar-refractivity contribution < 1.29 is 4.52 Å². The lowest BCUT2D eigenvalue weighted by Gasteiger charge is -2.09. The zero-order chi connectivity index (χ0) is 17.2. The average molecular weight is 351 g/mol. The van der Waals surface area contributed by atoms with E-state index in [4.69, 9.17) is 21.1 Å². The van der Waals surface area contributed by atoms with Gasteiger partial charge in [-0.1, -0.05) is 28.9 Å². The van der Waals surface area contributed by atoms with E-state index in [0.717, 1.165) is 33.7 Å². The molecule has 6 heteroatoms. The minimum atomic E-state index is 0.654. The van der Waals surface area contributed by atoms with Crippen LogP contribution in [0.2, 0.25) is 5.02 Å². The first kappa shape index (κ1) is 15.6. The first-order chi connectivity index (χ1) is 12.2. The smallest absolute Gasteiger partial charge is 0.208 e. The molecule has 1 aromatic carbocycles. The molecular formula is C19H15ClN4O. The summed E-state index contributed by atoms with van der Waals surface area (Å²) in [5.41, 5.74) is 5.98. The minimum absolute atomic E-state index is 0.654. The first-order valence-electron chi connectivity index (χ1n) is 7.86. The van der Waals surface area contributed by atoms with Crippen molar-refractivity contribution in [1.82, 2.24) is 15.1 Å². The van der Waals surface area contributed by atoms with Gasteiger partial charge in [-0.25, -0.2) is 4.98 Å². The Labute approximate surface area is 149 Å². The molecule has 5 nitrogen and oxygen atoms in total. The second-order valence-electron chi connectivity index (χ2n) is 5.72. The van der Waals surface area contributed by atoms with Crippen LogP contribution in [0, 0.1) is 6.92 Å². The van der Waals surface area contributed by atoms with Crippen molar-refractivity contribution in [3.05, 3.63) is 71.1 Å². The number of rotatable bonds is 4. The van der Waals surface area contributed by atoms with Crippen molar-refractivity contribution in [1.29, 1.82) is 0 Å². The van der Waals surface area contributed by atoms with Gasteiger partial charge in [0.2, 0.25) is 5.58 Å². The van der Waals surface area contributed by atoms with Crippen LogP contribution in [-0.2, 0) is 6.54 Å². The summed E-state index contributed by atoms with van der Waals surface area (Å²) in [7, 11) is 0. The number of anilines is 1. The van der Waals surface area contributed by atoms with Gasteiger partial charge < -0.3 is 9.84 Å². The number of hydrogen-bond donors (Lipinski definition) is 1. The lowest BCUT2D eigenvalue weighted by atomic mass is 10.1. The Balaban J connectivity index is 1.75. The molecule has 4 rings (SSSR count). The molecule has 0 amide bonds. The molecule has 1 N–H and O–H groups in total. The molecule has 3 aromatic heterocycles. The molecule has 0 aliphatic carbocycles. The van der Waals surface area contributed by atoms with Gasteiger partial charge in [0.25, 0.3) is 0 Å². The third-order valence-electron chi connectivity index (χ3n) is 3.96. The first-order valence-corrected chi connectivity index (χ1v) is 8.24. The maximum Gasteiger partial charge on any atom is 0.208 e. The van der Waals surface area contributed by atoms with Crippen LogP contribution in [0.3, 0.4) is 0 Å². The van der Waals surface area contributed by atoms with E-state index in [9.17, 15) is 0 Å². The fourth-order valence-electron chi connectivity index (χ4n) is 2.63. The van der Waals surface area contributed by atoms with E-state index in [1.54, 1.807) is 12.4 Å². The van der Waals surface area contributed by atoms with Crippen molar-refractivity contribution >= 4 is 28.4 Å². The van der Waals surface area contributed by atoms with Crippen LogP contribution in [0.1, 0.15) is 11.3 Å². The zero-order valence-electron chi connectivity index (χ0n) is 13.5. The van der Waals surface area contributed by atoms with Crippen LogP contribution in [0.4, 0.5) is 5.69 Å². The number of hydrogen-bond acceptors (Lipinski definition) is 5. The molecule has 3 heterocycles. The topological polar surface area (TPSA) is 63.8 Å². The highest BCUT2D eigenvalue weighted by Crippen LogP contribution is 2.30. The van der Waals surface area contributed by atoms with E-state index < -0.39 is 0 Å². The molecule has 25 heavy (non-hydrogen) atoms. The Hall–Kier alpha value is -2.92. The molecule has 0 bridgehead atoms. The average Bonchev–Trinajstić information content (AvgIpc) is 3.02. The van der Waals surface area contributed by atoms with Crippen LogP contribution < -0.4 is 5.32 Å². The molecule has 0 saturated carbocycles. The predicted octanol–water partition coefficient (Wildman–Crippen LogP) is 4.86. The molecule has 0 fully saturated rings. The second kappa shape index (κ2) is 6.53. The summed E-state index contributed by atoms with van der Waals surface area (Å²) in [6.07, 6.45) is 3.55. The lowest BCUT2D eigenvalue weighted by Crippen LogP contribution is -2.01. The van der Waals surface area contributed by atoms with Crippen molar-refractivity contribution in [3.8, 4) is 11.3 Å². The van der Waals surface area contributed by atoms with E-state index in [2.05, 4.69) is 15.5 Å². The molecule has 0 saturated heterocycles. The summed E-state index contributed by atoms with van der Waals surface area (Å²) in [5.74, 6) is 0. The van der Waals surface area contributed by atoms with Gasteiger partial charge in [0, 0.05) is 29.5 Å². The Kier molecular flexibility index (Phi) is 4.07. The number of nitrogens with one attached hydrogen (secondary N) is 1. The predicted molar refractivity (Wildman–Crippen MR) is 98.6 cm³/mol. The SMILES string of the molecule is Cc1noc2c(NCc3ccncc3)cc(-c3ccc(Cl)cc3)nc12. The summed E-state index contributed by atoms with van der Waals surface area (Å²) in [6.45, 7) is 2.54. The van der Waals surface area contributed by atoms with E-state index in [0.29, 0.717) is 17.2 Å². The third kappa shape index (κ3) is 3.19. The molecule has 124 valence electrons. The second-order valence-corrected chi connectivity index (χ2v) is 6.15. The summed E-state index contributed by atoms with van der Waals surface area (Å²) < 4.78 is 5.47. The van der Waals surface area contributed by atoms with Crippen molar-refractivity contribution in [2.24, 2.45) is 0 Å². The van der Waals surface area contributed by atoms with Gasteiger partial charge in [-0.2, -0.15) is 0 Å². The highest BCUT2D eigenvalue weighted by atomic mass is 35.5. The van der Waals surface area contributed by atoms with Crippen LogP contribution in [-0.4, -0.2) is 15.1 Å². The van der Waals surface area contributed by atoms with E-state index in [1.165, 1.54) is 0 Å². The third-order valence-corrected chi connectivity index (χ3v) is 4.21. The maximum absolute atomic E-state index is 5.99. The van der Waals surface area contributed by atoms with Gasteiger partial charge in [0.1, 0.15) is 11.2 Å². The van der Waals surface area contributed by atoms with Gasteiger partial charge in [-0.15, -0.1) is 0 Å². The normalized spacial score (nSPS) is 11.0. The molecule has 0 aliphatic heterocycles. The summed E-state index contributed by atoms with van der Waals surface area (Å²) in [4.78, 5) is 8.74. The number of aryl methyl sites for hydroxylation is 1. The lowest BCUT2D eigenvalue weighted by molar-refractivity contribution is 0.451. The van der Waals surface area contributed by atoms with Crippen LogP contribution >= 0.6 is 11.6 Å². The van der Waals surface area contributed by atoms with E-state index in [-0.39, 0.29) is 0 Å². The van der Waals surface area contributed by atoms with Crippen molar-refractivity contribution in [2.45, 2.75) is 13.5 Å². The van der Waals surface area contributed by atoms with Gasteiger partial charge >= 0.3 is 0 Å². The molecule has 0 atom stereocenters. The molecule has 0 spiro atoms. The number of benzene rings is 1. The maximum atomic E-state index is 5.99. The van der Waals surface area contributed by atoms with Gasteiger partial charge in [-0.3, -0.25) is 4.98 Å². The monoisotopic (exact) mass is 350 g/mol. The minimum Gasteiger partial charge on any atom is -0.378 e. The van der Waals surface area contributed by atoms with E-state index in [1.807, 2.05) is 49.4 Å². The fraction of sp³-hybridized carbons (Fsp3) is 0.105. The largest absolute Gasteiger partial charge is 0.378 e. The fourth-order valence-corrected chi connectivity index (χ4v) is 2.75. The van der Waals surface area contributed by atoms with Crippen LogP contribution in [0.25, 0.3) is 22.4 Å². The molecule has 0 unspecified atom stereocenters. The quantitative estimate of drug-likeness (QED) is 0.569. The Morgan fingerprint density at radius 3 is 2.60 bits per heavy atom. The Morgan fingerprint density at radius 2 is 1.84 bits per heavy atom. The molecular weight excluding hydrogens is 336 g/mol. The Morgan fingerprint density at radius 1 is 1.08 bits per heavy atom. The summed E-state index contributed by atoms with van der Waals surface area (Å²) in [5, 5.41) is 8.16. The van der Waals surface area contributed by atoms with Crippen LogP contribution in [0.5, 0.6) is 0 Å². The number of halogens is 1. The van der Waals surface area contributed by atoms with Gasteiger partial charge in [0.15, 0.2) is 0 Å². The summed E-state index contributed by atoms with van der Waals surface area (Å²) >= 11 is 5.99. The molecule has 0 aliphatic rings. The summed E-state index contributed by atoms with van der Waals surface area (Å²) in [6, 6.07) is 13.5. The van der Waals surface area contributed by atoms with Crippen LogP contribution in [0.15, 0.2) is 59.4 Å². The Bertz CT molecular complexity index is 1010. The highest BCUT2D eigenvalue weighted by molar-refractivity contribution is 6.30. The number of aromatic nitrogens is 3. The zero-order valence-corrected chi connectivity index (χ0v) is 14.3. The van der Waals surface area contributed by atoms with E-state index >= 15 is 0 Å². The number of pyridine rings is 2.